The maximum Gasteiger partial charge on any atom is 0.407 e. The van der Waals surface area contributed by atoms with Gasteiger partial charge in [0.15, 0.2) is 0 Å². The number of nitrogens with zero attached hydrogens (tertiary/aromatic N) is 3. The molecule has 0 fully saturated rings. The Morgan fingerprint density at radius 1 is 0.896 bits per heavy atom. The molecule has 0 saturated carbocycles. The molecule has 2 atom stereocenters. The Kier molecular flexibility index (Phi) is 13.5. The summed E-state index contributed by atoms with van der Waals surface area (Å²) in [6.45, 7) is 8.07. The summed E-state index contributed by atoms with van der Waals surface area (Å²) in [5.74, 6) is 0.0270. The topological polar surface area (TPSA) is 126 Å². The molecule has 0 spiro atoms. The normalized spacial score (nSPS) is 12.6. The fourth-order valence-corrected chi connectivity index (χ4v) is 6.40. The lowest BCUT2D eigenvalue weighted by Crippen LogP contribution is -2.59. The minimum atomic E-state index is -1.19. The van der Waals surface area contributed by atoms with Crippen LogP contribution in [0.5, 0.6) is 0 Å². The Hall–Kier alpha value is -4.29. The Morgan fingerprint density at radius 3 is 2.04 bits per heavy atom. The molecule has 0 aliphatic heterocycles. The van der Waals surface area contributed by atoms with Crippen LogP contribution in [0.15, 0.2) is 77.8 Å². The van der Waals surface area contributed by atoms with Crippen molar-refractivity contribution in [2.75, 3.05) is 7.05 Å². The zero-order valence-corrected chi connectivity index (χ0v) is 29.9. The molecule has 2 aromatic carbocycles. The van der Waals surface area contributed by atoms with E-state index in [1.807, 2.05) is 66.0 Å². The first-order chi connectivity index (χ1) is 23.0. The van der Waals surface area contributed by atoms with E-state index in [2.05, 4.69) is 39.8 Å². The molecule has 48 heavy (non-hydrogen) atoms. The monoisotopic (exact) mass is 690 g/mol. The molecule has 0 radical (unpaired) electrons. The lowest BCUT2D eigenvalue weighted by atomic mass is 9.95. The van der Waals surface area contributed by atoms with Crippen molar-refractivity contribution in [2.24, 2.45) is 0 Å². The number of carbonyl (C=O) groups is 3. The maximum atomic E-state index is 13.7. The van der Waals surface area contributed by atoms with Crippen molar-refractivity contribution in [2.45, 2.75) is 90.1 Å². The van der Waals surface area contributed by atoms with E-state index < -0.39 is 11.6 Å². The number of hydrogen-bond donors (Lipinski definition) is 3. The van der Waals surface area contributed by atoms with Crippen LogP contribution in [0, 0.1) is 0 Å². The zero-order chi connectivity index (χ0) is 34.5. The van der Waals surface area contributed by atoms with Gasteiger partial charge in [-0.2, -0.15) is 0 Å². The molecular weight excluding hydrogens is 645 g/mol. The second-order valence-corrected chi connectivity index (χ2v) is 14.6. The summed E-state index contributed by atoms with van der Waals surface area (Å²) >= 11 is 3.01. The van der Waals surface area contributed by atoms with Gasteiger partial charge in [0, 0.05) is 36.6 Å². The molecule has 4 aromatic rings. The number of urea groups is 1. The van der Waals surface area contributed by atoms with Gasteiger partial charge >= 0.3 is 12.1 Å². The first kappa shape index (κ1) is 36.5. The molecule has 256 valence electrons. The molecule has 4 rings (SSSR count). The van der Waals surface area contributed by atoms with E-state index in [0.29, 0.717) is 38.1 Å². The van der Waals surface area contributed by atoms with Gasteiger partial charge in [-0.1, -0.05) is 74.5 Å². The predicted molar refractivity (Wildman–Crippen MR) is 191 cm³/mol. The summed E-state index contributed by atoms with van der Waals surface area (Å²) < 4.78 is 5.47. The first-order valence-electron chi connectivity index (χ1n) is 16.2. The van der Waals surface area contributed by atoms with E-state index in [9.17, 15) is 14.4 Å². The van der Waals surface area contributed by atoms with E-state index in [4.69, 9.17) is 4.74 Å². The fourth-order valence-electron chi connectivity index (χ4n) is 5.07. The van der Waals surface area contributed by atoms with Crippen LogP contribution < -0.4 is 16.0 Å². The molecule has 0 bridgehead atoms. The number of aromatic nitrogens is 2. The molecule has 0 saturated heterocycles. The first-order valence-corrected chi connectivity index (χ1v) is 17.9. The van der Waals surface area contributed by atoms with Gasteiger partial charge in [-0.3, -0.25) is 9.78 Å². The molecule has 2 heterocycles. The van der Waals surface area contributed by atoms with E-state index in [0.717, 1.165) is 26.7 Å². The van der Waals surface area contributed by atoms with Gasteiger partial charge in [0.2, 0.25) is 5.91 Å². The number of benzene rings is 2. The zero-order valence-electron chi connectivity index (χ0n) is 28.3. The highest BCUT2D eigenvalue weighted by molar-refractivity contribution is 7.09. The van der Waals surface area contributed by atoms with Gasteiger partial charge in [-0.25, -0.2) is 14.6 Å². The van der Waals surface area contributed by atoms with Crippen molar-refractivity contribution in [3.63, 3.8) is 0 Å². The smallest absolute Gasteiger partial charge is 0.407 e. The number of rotatable bonds is 16. The molecule has 10 nitrogen and oxygen atoms in total. The number of hydrogen-bond acceptors (Lipinski definition) is 8. The minimum absolute atomic E-state index is 0.153. The van der Waals surface area contributed by atoms with Crippen molar-refractivity contribution >= 4 is 40.7 Å². The maximum absolute atomic E-state index is 13.7. The van der Waals surface area contributed by atoms with E-state index in [1.165, 1.54) is 16.2 Å². The van der Waals surface area contributed by atoms with E-state index >= 15 is 0 Å². The van der Waals surface area contributed by atoms with Crippen molar-refractivity contribution in [3.05, 3.63) is 104 Å². The number of nitrogens with one attached hydrogen (secondary N) is 3. The van der Waals surface area contributed by atoms with Crippen molar-refractivity contribution in [1.82, 2.24) is 30.8 Å². The molecule has 12 heteroatoms. The molecule has 0 unspecified atom stereocenters. The summed E-state index contributed by atoms with van der Waals surface area (Å²) in [4.78, 5) is 50.8. The number of ether oxygens (including phenoxy) is 1. The number of amides is 4. The standard InChI is InChI=1S/C36H46N6O4S2/c1-25(2)32-38-30(23-47-32)21-42(5)34(44)41-36(3,4)33(43)39-28(18-26-12-8-6-9-13-26)16-17-29(19-27-14-10-7-11-15-27)40-35(45)46-22-31-20-37-24-48-31/h6-15,20,23-25,28-29H,16-19,21-22H2,1-5H3,(H,39,43)(H,40,45)(H,41,44)/t28-,29-/m1/s1. The Balaban J connectivity index is 1.41. The molecule has 3 N–H and O–H groups in total. The van der Waals surface area contributed by atoms with Crippen LogP contribution >= 0.6 is 22.7 Å². The van der Waals surface area contributed by atoms with Gasteiger partial charge in [0.25, 0.3) is 0 Å². The third-order valence-corrected chi connectivity index (χ3v) is 9.74. The minimum Gasteiger partial charge on any atom is -0.444 e. The number of alkyl carbamates (subject to hydrolysis) is 1. The van der Waals surface area contributed by atoms with Gasteiger partial charge < -0.3 is 25.6 Å². The van der Waals surface area contributed by atoms with Gasteiger partial charge in [-0.15, -0.1) is 22.7 Å². The van der Waals surface area contributed by atoms with Crippen LogP contribution in [0.25, 0.3) is 0 Å². The van der Waals surface area contributed by atoms with Crippen LogP contribution in [-0.2, 0) is 35.5 Å². The van der Waals surface area contributed by atoms with Crippen LogP contribution in [-0.4, -0.2) is 57.6 Å². The van der Waals surface area contributed by atoms with Crippen LogP contribution in [0.2, 0.25) is 0 Å². The molecule has 4 amide bonds. The fraction of sp³-hybridized carbons (Fsp3) is 0.417. The average Bonchev–Trinajstić information content (AvgIpc) is 3.76. The SMILES string of the molecule is CC(C)c1nc(CN(C)C(=O)NC(C)(C)C(=O)N[C@H](CC[C@H](Cc2ccccc2)NC(=O)OCc2cncs2)Cc2ccccc2)cs1. The van der Waals surface area contributed by atoms with Crippen molar-refractivity contribution in [3.8, 4) is 0 Å². The number of thiazole rings is 2. The van der Waals surface area contributed by atoms with Crippen LogP contribution in [0.1, 0.15) is 73.2 Å². The Labute approximate surface area is 291 Å². The predicted octanol–water partition coefficient (Wildman–Crippen LogP) is 6.69. The summed E-state index contributed by atoms with van der Waals surface area (Å²) in [6, 6.07) is 19.1. The molecule has 0 aliphatic rings. The second kappa shape index (κ2) is 17.7. The van der Waals surface area contributed by atoms with E-state index in [1.54, 1.807) is 43.9 Å². The van der Waals surface area contributed by atoms with E-state index in [-0.39, 0.29) is 30.6 Å². The number of carbonyl (C=O) groups excluding carboxylic acids is 3. The molecule has 2 aromatic heterocycles. The van der Waals surface area contributed by atoms with Crippen molar-refractivity contribution < 1.29 is 19.1 Å². The highest BCUT2D eigenvalue weighted by atomic mass is 32.1. The lowest BCUT2D eigenvalue weighted by Gasteiger charge is -2.31. The van der Waals surface area contributed by atoms with Gasteiger partial charge in [-0.05, 0) is 50.7 Å². The summed E-state index contributed by atoms with van der Waals surface area (Å²) in [6.07, 6.45) is 3.55. The largest absolute Gasteiger partial charge is 0.444 e. The third kappa shape index (κ3) is 11.7. The Bertz CT molecular complexity index is 1580. The summed E-state index contributed by atoms with van der Waals surface area (Å²) in [5.41, 5.74) is 3.49. The van der Waals surface area contributed by atoms with Crippen LogP contribution in [0.4, 0.5) is 9.59 Å². The molecular formula is C36H46N6O4S2. The highest BCUT2D eigenvalue weighted by Gasteiger charge is 2.32. The highest BCUT2D eigenvalue weighted by Crippen LogP contribution is 2.20. The summed E-state index contributed by atoms with van der Waals surface area (Å²) in [7, 11) is 1.69. The van der Waals surface area contributed by atoms with Gasteiger partial charge in [0.1, 0.15) is 12.1 Å². The molecule has 0 aliphatic carbocycles. The van der Waals surface area contributed by atoms with Gasteiger partial charge in [0.05, 0.1) is 27.6 Å². The quantitative estimate of drug-likeness (QED) is 0.120. The third-order valence-electron chi connectivity index (χ3n) is 7.80. The Morgan fingerprint density at radius 2 is 1.50 bits per heavy atom. The second-order valence-electron chi connectivity index (χ2n) is 12.8. The van der Waals surface area contributed by atoms with Crippen LogP contribution in [0.3, 0.4) is 0 Å². The average molecular weight is 691 g/mol. The lowest BCUT2D eigenvalue weighted by molar-refractivity contribution is -0.126. The summed E-state index contributed by atoms with van der Waals surface area (Å²) in [5, 5.41) is 12.1. The van der Waals surface area contributed by atoms with Crippen molar-refractivity contribution in [1.29, 1.82) is 0 Å².